The minimum atomic E-state index is -1.41. The van der Waals surface area contributed by atoms with Crippen molar-refractivity contribution in [3.63, 3.8) is 0 Å². The van der Waals surface area contributed by atoms with Crippen LogP contribution in [0.4, 0.5) is 0 Å². The van der Waals surface area contributed by atoms with Crippen LogP contribution in [0.3, 0.4) is 0 Å². The molecule has 12 heavy (non-hydrogen) atoms. The number of halogens is 1. The molecule has 0 aliphatic carbocycles. The molecule has 4 N–H and O–H groups in total. The molecule has 1 aliphatic heterocycles. The van der Waals surface area contributed by atoms with E-state index in [0.29, 0.717) is 0 Å². The summed E-state index contributed by atoms with van der Waals surface area (Å²) in [5.41, 5.74) is 0. The van der Waals surface area contributed by atoms with Gasteiger partial charge >= 0.3 is 0 Å². The zero-order chi connectivity index (χ0) is 9.30. The maximum atomic E-state index is 9.31. The van der Waals surface area contributed by atoms with E-state index in [0.717, 1.165) is 0 Å². The van der Waals surface area contributed by atoms with E-state index in [-0.39, 0.29) is 6.61 Å². The van der Waals surface area contributed by atoms with Gasteiger partial charge in [-0.15, -0.1) is 0 Å². The average Bonchev–Trinajstić information content (AvgIpc) is 2.08. The fraction of sp³-hybridized carbons (Fsp3) is 1.00. The highest BCUT2D eigenvalue weighted by atomic mass is 125. The lowest BCUT2D eigenvalue weighted by atomic mass is 10.0. The lowest BCUT2D eigenvalue weighted by Gasteiger charge is -2.37. The third-order valence-corrected chi connectivity index (χ3v) is 3.36. The summed E-state index contributed by atoms with van der Waals surface area (Å²) in [4.78, 5) is 0. The first-order chi connectivity index (χ1) is 5.57. The smallest absolute Gasteiger partial charge is 0.183 e. The molecule has 1 unspecified atom stereocenters. The Balaban J connectivity index is 2.63. The molecule has 1 aliphatic rings. The van der Waals surface area contributed by atoms with Gasteiger partial charge in [-0.3, -0.25) is 0 Å². The monoisotopic (exact) mass is 288 g/mol. The molecule has 1 saturated heterocycles. The number of rotatable bonds is 1. The van der Waals surface area contributed by atoms with Crippen molar-refractivity contribution in [3.8, 4) is 0 Å². The number of hydrogen-bond acceptors (Lipinski definition) is 5. The zero-order valence-electron chi connectivity index (χ0n) is 6.17. The number of hydrogen-bond donors (Lipinski definition) is 4. The van der Waals surface area contributed by atoms with E-state index < -0.39 is 28.5 Å². The van der Waals surface area contributed by atoms with Gasteiger partial charge in [0.2, 0.25) is 0 Å². The van der Waals surface area contributed by atoms with Crippen molar-refractivity contribution in [2.45, 2.75) is 28.5 Å². The minimum Gasteiger partial charge on any atom is -0.394 e. The number of alkyl halides is 1. The van der Waals surface area contributed by atoms with Crippen LogP contribution in [-0.4, -0.2) is 55.6 Å². The van der Waals surface area contributed by atoms with Gasteiger partial charge < -0.3 is 25.2 Å². The third kappa shape index (κ3) is 1.88. The van der Waals surface area contributed by atoms with Crippen LogP contribution in [0.5, 0.6) is 0 Å². The Morgan fingerprint density at radius 3 is 2.25 bits per heavy atom. The van der Waals surface area contributed by atoms with Crippen LogP contribution in [0.15, 0.2) is 0 Å². The van der Waals surface area contributed by atoms with E-state index >= 15 is 0 Å². The zero-order valence-corrected chi connectivity index (χ0v) is 8.33. The molecular formula is C6H11IO5. The first kappa shape index (κ1) is 10.6. The van der Waals surface area contributed by atoms with E-state index in [2.05, 4.69) is 0 Å². The quantitative estimate of drug-likeness (QED) is 0.338. The summed E-state index contributed by atoms with van der Waals surface area (Å²) in [7, 11) is 0. The lowest BCUT2D eigenvalue weighted by Crippen LogP contribution is -2.56. The molecule has 0 aromatic rings. The van der Waals surface area contributed by atoms with Crippen LogP contribution >= 0.6 is 22.6 Å². The molecule has 1 fully saturated rings. The molecule has 5 nitrogen and oxygen atoms in total. The van der Waals surface area contributed by atoms with Gasteiger partial charge in [0.15, 0.2) is 6.29 Å². The summed E-state index contributed by atoms with van der Waals surface area (Å²) < 4.78 is 4.41. The normalized spacial score (nSPS) is 49.2. The predicted octanol–water partition coefficient (Wildman–Crippen LogP) is -1.78. The van der Waals surface area contributed by atoms with Crippen molar-refractivity contribution in [1.29, 1.82) is 0 Å². The van der Waals surface area contributed by atoms with Gasteiger partial charge in [0, 0.05) is 0 Å². The molecule has 5 atom stereocenters. The van der Waals surface area contributed by atoms with Crippen LogP contribution in [0.1, 0.15) is 0 Å². The van der Waals surface area contributed by atoms with Crippen LogP contribution in [0.25, 0.3) is 0 Å². The summed E-state index contributed by atoms with van der Waals surface area (Å²) in [6, 6.07) is 0. The second-order valence-corrected chi connectivity index (χ2v) is 4.11. The molecule has 0 saturated carbocycles. The van der Waals surface area contributed by atoms with Crippen molar-refractivity contribution in [2.24, 2.45) is 0 Å². The Hall–Kier alpha value is 0.530. The minimum absolute atomic E-state index is 0.283. The molecule has 0 bridgehead atoms. The van der Waals surface area contributed by atoms with E-state index in [1.807, 2.05) is 22.6 Å². The third-order valence-electron chi connectivity index (χ3n) is 1.82. The second-order valence-electron chi connectivity index (χ2n) is 2.67. The molecule has 0 spiro atoms. The Morgan fingerprint density at radius 2 is 1.75 bits per heavy atom. The van der Waals surface area contributed by atoms with Gasteiger partial charge in [0.25, 0.3) is 0 Å². The highest BCUT2D eigenvalue weighted by Crippen LogP contribution is 2.25. The van der Waals surface area contributed by atoms with Gasteiger partial charge in [-0.2, -0.15) is 0 Å². The topological polar surface area (TPSA) is 90.2 Å². The SMILES string of the molecule is OC[C@H]1OC(O)[C@H](O)[C@@H](O)[C@@H]1[125I]. The highest BCUT2D eigenvalue weighted by molar-refractivity contribution is 14.1. The van der Waals surface area contributed by atoms with Crippen molar-refractivity contribution in [1.82, 2.24) is 0 Å². The van der Waals surface area contributed by atoms with Crippen LogP contribution in [0, 0.1) is 0 Å². The summed E-state index contributed by atoms with van der Waals surface area (Å²) in [5, 5.41) is 36.2. The van der Waals surface area contributed by atoms with Crippen molar-refractivity contribution in [3.05, 3.63) is 0 Å². The largest absolute Gasteiger partial charge is 0.394 e. The Morgan fingerprint density at radius 1 is 1.17 bits per heavy atom. The van der Waals surface area contributed by atoms with Gasteiger partial charge in [0.05, 0.1) is 22.7 Å². The van der Waals surface area contributed by atoms with E-state index in [9.17, 15) is 5.11 Å². The molecule has 0 radical (unpaired) electrons. The van der Waals surface area contributed by atoms with Gasteiger partial charge in [-0.1, -0.05) is 22.6 Å². The van der Waals surface area contributed by atoms with E-state index in [1.165, 1.54) is 0 Å². The predicted molar refractivity (Wildman–Crippen MR) is 47.8 cm³/mol. The van der Waals surface area contributed by atoms with Crippen LogP contribution in [-0.2, 0) is 4.74 Å². The molecular weight excluding hydrogens is 277 g/mol. The van der Waals surface area contributed by atoms with Crippen molar-refractivity contribution in [2.75, 3.05) is 6.61 Å². The highest BCUT2D eigenvalue weighted by Gasteiger charge is 2.41. The van der Waals surface area contributed by atoms with Crippen LogP contribution in [0.2, 0.25) is 0 Å². The Labute approximate surface area is 83.1 Å². The fourth-order valence-corrected chi connectivity index (χ4v) is 1.88. The fourth-order valence-electron chi connectivity index (χ4n) is 1.06. The number of ether oxygens (including phenoxy) is 1. The molecule has 1 heterocycles. The first-order valence-electron chi connectivity index (χ1n) is 3.52. The van der Waals surface area contributed by atoms with Crippen molar-refractivity contribution >= 4 is 22.6 Å². The van der Waals surface area contributed by atoms with E-state index in [1.54, 1.807) is 0 Å². The Bertz CT molecular complexity index is 150. The molecule has 0 aromatic carbocycles. The lowest BCUT2D eigenvalue weighted by molar-refractivity contribution is -0.246. The molecule has 0 aromatic heterocycles. The number of aliphatic hydroxyl groups excluding tert-OH is 4. The molecule has 1 rings (SSSR count). The maximum absolute atomic E-state index is 9.31. The van der Waals surface area contributed by atoms with Gasteiger partial charge in [-0.25, -0.2) is 0 Å². The maximum Gasteiger partial charge on any atom is 0.183 e. The molecule has 0 amide bonds. The summed E-state index contributed by atoms with van der Waals surface area (Å²) >= 11 is 1.86. The molecule has 6 heteroatoms. The number of aliphatic hydroxyl groups is 4. The van der Waals surface area contributed by atoms with Crippen molar-refractivity contribution < 1.29 is 25.2 Å². The van der Waals surface area contributed by atoms with Gasteiger partial charge in [-0.05, 0) is 0 Å². The van der Waals surface area contributed by atoms with Crippen LogP contribution < -0.4 is 0 Å². The average molecular weight is 288 g/mol. The standard InChI is InChI=1S/C6H11IO5/c7-3-2(1-8)12-6(11)5(10)4(3)9/h2-6,8-11H,1H2/t2-,3-,4+,5-,6?/m1/s1/i7-2. The second kappa shape index (κ2) is 4.16. The van der Waals surface area contributed by atoms with Gasteiger partial charge in [0.1, 0.15) is 6.10 Å². The Kier molecular flexibility index (Phi) is 3.68. The molecule has 72 valence electrons. The summed E-state index contributed by atoms with van der Waals surface area (Å²) in [6.45, 7) is -0.283. The van der Waals surface area contributed by atoms with E-state index in [4.69, 9.17) is 20.1 Å². The summed E-state index contributed by atoms with van der Waals surface area (Å²) in [5.74, 6) is 0. The first-order valence-corrected chi connectivity index (χ1v) is 4.77. The summed E-state index contributed by atoms with van der Waals surface area (Å²) in [6.07, 6.45) is -4.40.